The summed E-state index contributed by atoms with van der Waals surface area (Å²) < 4.78 is 33.3. The van der Waals surface area contributed by atoms with Crippen LogP contribution in [0.3, 0.4) is 0 Å². The molecule has 0 radical (unpaired) electrons. The lowest BCUT2D eigenvalue weighted by Crippen LogP contribution is -2.29. The standard InChI is InChI=1S/C87H162NO8P/c1-3-5-7-9-11-13-15-17-19-21-23-25-27-29-31-33-35-37-39-41-42-44-45-47-49-51-53-55-57-59-61-63-65-67-69-71-73-75-77-79-86(89)93-83-85(84-95-97(91,92)94-82-81-88)96-87(90)80-78-76-74-72-70-68-66-64-62-60-58-56-54-52-50-48-46-43-40-38-36-34-32-30-28-26-24-22-20-18-16-14-12-10-8-6-4-2/h6,8,12,14-15,17-18,20-21,23-24,26,85H,3-5,7,9-11,13,16,19,22,25,27-84,88H2,1-2H3,(H,91,92)/b8-6-,14-12-,17-15-,20-18-,23-21-,26-24-. The Hall–Kier alpha value is -2.55. The first kappa shape index (κ1) is 94.5. The zero-order chi connectivity index (χ0) is 70.0. The Balaban J connectivity index is 3.72. The third-order valence-electron chi connectivity index (χ3n) is 19.1. The van der Waals surface area contributed by atoms with Gasteiger partial charge < -0.3 is 20.1 Å². The lowest BCUT2D eigenvalue weighted by atomic mass is 10.0. The number of carbonyl (C=O) groups is 2. The fraction of sp³-hybridized carbons (Fsp3) is 0.839. The van der Waals surface area contributed by atoms with Crippen molar-refractivity contribution >= 4 is 19.8 Å². The van der Waals surface area contributed by atoms with Gasteiger partial charge in [0.1, 0.15) is 6.61 Å². The molecule has 0 aliphatic carbocycles. The van der Waals surface area contributed by atoms with Crippen LogP contribution < -0.4 is 5.73 Å². The number of phosphoric ester groups is 1. The highest BCUT2D eigenvalue weighted by Gasteiger charge is 2.26. The van der Waals surface area contributed by atoms with Gasteiger partial charge in [0.15, 0.2) is 6.10 Å². The molecule has 0 saturated carbocycles. The molecule has 10 heteroatoms. The Labute approximate surface area is 602 Å². The van der Waals surface area contributed by atoms with Crippen LogP contribution in [0.15, 0.2) is 72.9 Å². The van der Waals surface area contributed by atoms with Crippen LogP contribution in [-0.2, 0) is 32.7 Å². The lowest BCUT2D eigenvalue weighted by Gasteiger charge is -2.19. The molecule has 568 valence electrons. The number of unbranched alkanes of at least 4 members (excludes halogenated alkanes) is 56. The van der Waals surface area contributed by atoms with Crippen molar-refractivity contribution in [2.24, 2.45) is 5.73 Å². The molecule has 2 unspecified atom stereocenters. The molecule has 0 spiro atoms. The Bertz CT molecular complexity index is 1830. The highest BCUT2D eigenvalue weighted by atomic mass is 31.2. The third kappa shape index (κ3) is 82.3. The maximum absolute atomic E-state index is 12.8. The first-order valence-electron chi connectivity index (χ1n) is 42.4. The van der Waals surface area contributed by atoms with Crippen molar-refractivity contribution in [1.29, 1.82) is 0 Å². The van der Waals surface area contributed by atoms with Gasteiger partial charge in [0, 0.05) is 19.4 Å². The summed E-state index contributed by atoms with van der Waals surface area (Å²) in [5.41, 5.74) is 5.42. The first-order chi connectivity index (χ1) is 47.8. The zero-order valence-electron chi connectivity index (χ0n) is 64.3. The Morgan fingerprint density at radius 3 is 0.845 bits per heavy atom. The highest BCUT2D eigenvalue weighted by Crippen LogP contribution is 2.43. The van der Waals surface area contributed by atoms with E-state index in [1.165, 1.54) is 340 Å². The van der Waals surface area contributed by atoms with Gasteiger partial charge in [-0.05, 0) is 83.5 Å². The number of hydrogen-bond acceptors (Lipinski definition) is 8. The fourth-order valence-electron chi connectivity index (χ4n) is 12.8. The van der Waals surface area contributed by atoms with E-state index in [4.69, 9.17) is 24.3 Å². The number of rotatable bonds is 81. The van der Waals surface area contributed by atoms with E-state index in [0.29, 0.717) is 6.42 Å². The Morgan fingerprint density at radius 1 is 0.320 bits per heavy atom. The molecule has 97 heavy (non-hydrogen) atoms. The SMILES string of the molecule is CC/C=C\C/C=C\C/C=C\C/C=C\CCCCCCCCCCCCCCCCCCCCCCCCCCC(=O)OC(COC(=O)CCCCCCCCCCCCCCCCCCCCCCCCCCCCC/C=C\C/C=C\CCCCCCC)COP(=O)(O)OCCN. The molecule has 9 nitrogen and oxygen atoms in total. The van der Waals surface area contributed by atoms with Gasteiger partial charge in [-0.25, -0.2) is 4.57 Å². The molecule has 0 amide bonds. The van der Waals surface area contributed by atoms with E-state index >= 15 is 0 Å². The zero-order valence-corrected chi connectivity index (χ0v) is 65.2. The summed E-state index contributed by atoms with van der Waals surface area (Å²) in [7, 11) is -4.40. The van der Waals surface area contributed by atoms with E-state index in [9.17, 15) is 19.0 Å². The van der Waals surface area contributed by atoms with Gasteiger partial charge in [-0.15, -0.1) is 0 Å². The lowest BCUT2D eigenvalue weighted by molar-refractivity contribution is -0.161. The highest BCUT2D eigenvalue weighted by molar-refractivity contribution is 7.47. The molecule has 2 atom stereocenters. The summed E-state index contributed by atoms with van der Waals surface area (Å²) in [6, 6.07) is 0. The number of esters is 2. The van der Waals surface area contributed by atoms with Crippen molar-refractivity contribution in [3.05, 3.63) is 72.9 Å². The van der Waals surface area contributed by atoms with Crippen LogP contribution in [0.2, 0.25) is 0 Å². The molecule has 0 aromatic heterocycles. The average Bonchev–Trinajstić information content (AvgIpc) is 2.17. The minimum atomic E-state index is -4.40. The third-order valence-corrected chi connectivity index (χ3v) is 20.1. The number of hydrogen-bond donors (Lipinski definition) is 2. The van der Waals surface area contributed by atoms with Crippen molar-refractivity contribution < 1.29 is 37.6 Å². The molecule has 0 bridgehead atoms. The smallest absolute Gasteiger partial charge is 0.462 e. The van der Waals surface area contributed by atoms with Gasteiger partial charge >= 0.3 is 19.8 Å². The molecule has 0 aromatic carbocycles. The van der Waals surface area contributed by atoms with E-state index in [-0.39, 0.29) is 38.6 Å². The number of carbonyl (C=O) groups excluding carboxylic acids is 2. The number of nitrogens with two attached hydrogens (primary N) is 1. The maximum atomic E-state index is 12.8. The molecular weight excluding hydrogens is 1220 g/mol. The topological polar surface area (TPSA) is 134 Å². The maximum Gasteiger partial charge on any atom is 0.472 e. The Kier molecular flexibility index (Phi) is 80.2. The van der Waals surface area contributed by atoms with Gasteiger partial charge in [0.25, 0.3) is 0 Å². The summed E-state index contributed by atoms with van der Waals surface area (Å²) in [6.45, 7) is 3.70. The first-order valence-corrected chi connectivity index (χ1v) is 43.9. The summed E-state index contributed by atoms with van der Waals surface area (Å²) >= 11 is 0. The van der Waals surface area contributed by atoms with Gasteiger partial charge in [0.05, 0.1) is 13.2 Å². The van der Waals surface area contributed by atoms with Gasteiger partial charge in [-0.3, -0.25) is 18.6 Å². The number of allylic oxidation sites excluding steroid dienone is 12. The second-order valence-corrected chi connectivity index (χ2v) is 30.1. The summed E-state index contributed by atoms with van der Waals surface area (Å²) in [4.78, 5) is 35.5. The summed E-state index contributed by atoms with van der Waals surface area (Å²) in [6.07, 6.45) is 111. The molecule has 0 aliphatic rings. The molecule has 0 aliphatic heterocycles. The molecule has 3 N–H and O–H groups in total. The van der Waals surface area contributed by atoms with Crippen LogP contribution in [0.25, 0.3) is 0 Å². The van der Waals surface area contributed by atoms with E-state index in [0.717, 1.165) is 64.2 Å². The van der Waals surface area contributed by atoms with E-state index in [2.05, 4.69) is 86.8 Å². The number of ether oxygens (including phenoxy) is 2. The normalized spacial score (nSPS) is 13.2. The summed E-state index contributed by atoms with van der Waals surface area (Å²) in [5, 5.41) is 0. The van der Waals surface area contributed by atoms with Crippen molar-refractivity contribution in [3.8, 4) is 0 Å². The van der Waals surface area contributed by atoms with Crippen molar-refractivity contribution in [2.75, 3.05) is 26.4 Å². The minimum Gasteiger partial charge on any atom is -0.462 e. The van der Waals surface area contributed by atoms with E-state index in [1.807, 2.05) is 0 Å². The van der Waals surface area contributed by atoms with Gasteiger partial charge in [0.2, 0.25) is 0 Å². The molecule has 0 fully saturated rings. The summed E-state index contributed by atoms with van der Waals surface area (Å²) in [5.74, 6) is -0.802. The van der Waals surface area contributed by atoms with Crippen LogP contribution in [0.5, 0.6) is 0 Å². The quantitative estimate of drug-likeness (QED) is 0.0264. The predicted molar refractivity (Wildman–Crippen MR) is 423 cm³/mol. The molecule has 0 heterocycles. The Morgan fingerprint density at radius 2 is 0.567 bits per heavy atom. The fourth-order valence-corrected chi connectivity index (χ4v) is 13.6. The van der Waals surface area contributed by atoms with Crippen molar-refractivity contribution in [2.45, 2.75) is 444 Å². The van der Waals surface area contributed by atoms with Gasteiger partial charge in [-0.2, -0.15) is 0 Å². The van der Waals surface area contributed by atoms with Crippen molar-refractivity contribution in [3.63, 3.8) is 0 Å². The monoisotopic (exact) mass is 1380 g/mol. The molecular formula is C87H162NO8P. The van der Waals surface area contributed by atoms with Crippen LogP contribution in [0.4, 0.5) is 0 Å². The largest absolute Gasteiger partial charge is 0.472 e. The second-order valence-electron chi connectivity index (χ2n) is 28.7. The number of phosphoric acid groups is 1. The van der Waals surface area contributed by atoms with E-state index < -0.39 is 26.5 Å². The van der Waals surface area contributed by atoms with Gasteiger partial charge in [-0.1, -0.05) is 414 Å². The van der Waals surface area contributed by atoms with Crippen LogP contribution in [-0.4, -0.2) is 49.3 Å². The predicted octanol–water partition coefficient (Wildman–Crippen LogP) is 28.7. The van der Waals surface area contributed by atoms with Crippen LogP contribution >= 0.6 is 7.82 Å². The average molecular weight is 1380 g/mol. The second kappa shape index (κ2) is 82.4. The van der Waals surface area contributed by atoms with Crippen LogP contribution in [0, 0.1) is 0 Å². The van der Waals surface area contributed by atoms with Crippen molar-refractivity contribution in [1.82, 2.24) is 0 Å². The van der Waals surface area contributed by atoms with Crippen LogP contribution in [0.1, 0.15) is 438 Å². The van der Waals surface area contributed by atoms with E-state index in [1.54, 1.807) is 0 Å². The molecule has 0 saturated heterocycles. The molecule has 0 rings (SSSR count). The molecule has 0 aromatic rings. The minimum absolute atomic E-state index is 0.0555.